The van der Waals surface area contributed by atoms with Crippen molar-refractivity contribution in [3.63, 3.8) is 0 Å². The van der Waals surface area contributed by atoms with Gasteiger partial charge in [-0.05, 0) is 49.6 Å². The molecule has 180 valence electrons. The highest BCUT2D eigenvalue weighted by Crippen LogP contribution is 2.60. The number of fused-ring (bicyclic) bond motifs is 1. The molecule has 2 bridgehead atoms. The number of aliphatic hydroxyl groups is 1. The molecular weight excluding hydrogens is 486 g/mol. The minimum Gasteiger partial charge on any atom is -0.489 e. The summed E-state index contributed by atoms with van der Waals surface area (Å²) in [4.78, 5) is 24.9. The first kappa shape index (κ1) is 23.2. The van der Waals surface area contributed by atoms with Crippen LogP contribution in [-0.4, -0.2) is 40.7 Å². The first-order chi connectivity index (χ1) is 16.1. The Balaban J connectivity index is 1.06. The van der Waals surface area contributed by atoms with Crippen LogP contribution in [0.3, 0.4) is 0 Å². The summed E-state index contributed by atoms with van der Waals surface area (Å²) in [5.74, 6) is -0.310. The standard InChI is InChI=1S/C24H23Cl2FN2O5/c25-13-1-4-20-16(5-13)19(30)7-15(34-20)8-21(31)28-23-10-24(11-23,12-23)29-22(32)9-33-14-2-3-17(26)18(27)6-14/h1-6,15,19,30H,7-12H2,(H,28,31)(H,29,32)/t15-,19-,23?,24?/m1/s1. The molecule has 2 aromatic carbocycles. The Hall–Kier alpha value is -2.55. The zero-order valence-corrected chi connectivity index (χ0v) is 19.6. The van der Waals surface area contributed by atoms with E-state index >= 15 is 0 Å². The fourth-order valence-corrected chi connectivity index (χ4v) is 5.57. The van der Waals surface area contributed by atoms with E-state index in [2.05, 4.69) is 10.6 Å². The summed E-state index contributed by atoms with van der Waals surface area (Å²) >= 11 is 11.6. The molecule has 34 heavy (non-hydrogen) atoms. The third kappa shape index (κ3) is 4.54. The number of ether oxygens (including phenoxy) is 2. The van der Waals surface area contributed by atoms with Crippen LogP contribution in [0.2, 0.25) is 10.0 Å². The Morgan fingerprint density at radius 2 is 1.79 bits per heavy atom. The number of carbonyl (C=O) groups is 2. The van der Waals surface area contributed by atoms with Gasteiger partial charge in [-0.1, -0.05) is 23.2 Å². The highest BCUT2D eigenvalue weighted by molar-refractivity contribution is 6.31. The summed E-state index contributed by atoms with van der Waals surface area (Å²) in [6.45, 7) is -0.240. The van der Waals surface area contributed by atoms with Gasteiger partial charge in [0.25, 0.3) is 5.91 Å². The molecule has 7 nitrogen and oxygen atoms in total. The molecule has 3 fully saturated rings. The van der Waals surface area contributed by atoms with Gasteiger partial charge in [-0.15, -0.1) is 0 Å². The van der Waals surface area contributed by atoms with E-state index in [1.54, 1.807) is 18.2 Å². The van der Waals surface area contributed by atoms with Crippen molar-refractivity contribution in [2.75, 3.05) is 6.61 Å². The maximum absolute atomic E-state index is 13.5. The number of halogens is 3. The van der Waals surface area contributed by atoms with E-state index in [1.165, 1.54) is 12.1 Å². The lowest BCUT2D eigenvalue weighted by Gasteiger charge is -2.70. The Labute approximate surface area is 205 Å². The van der Waals surface area contributed by atoms with Gasteiger partial charge in [-0.25, -0.2) is 4.39 Å². The molecule has 2 amide bonds. The van der Waals surface area contributed by atoms with Crippen LogP contribution in [0, 0.1) is 5.82 Å². The van der Waals surface area contributed by atoms with Crippen molar-refractivity contribution in [2.45, 2.75) is 55.4 Å². The number of aliphatic hydroxyl groups excluding tert-OH is 1. The minimum atomic E-state index is -0.736. The van der Waals surface area contributed by atoms with E-state index in [-0.39, 0.29) is 46.7 Å². The van der Waals surface area contributed by atoms with Crippen LogP contribution in [0.1, 0.15) is 43.8 Å². The number of carbonyl (C=O) groups excluding carboxylic acids is 2. The van der Waals surface area contributed by atoms with Crippen molar-refractivity contribution < 1.29 is 28.6 Å². The Morgan fingerprint density at radius 1 is 1.09 bits per heavy atom. The molecule has 3 saturated carbocycles. The van der Waals surface area contributed by atoms with Crippen LogP contribution in [0.15, 0.2) is 36.4 Å². The molecule has 0 spiro atoms. The molecular formula is C24H23Cl2FN2O5. The summed E-state index contributed by atoms with van der Waals surface area (Å²) in [5, 5.41) is 16.9. The fourth-order valence-electron chi connectivity index (χ4n) is 5.27. The molecule has 6 rings (SSSR count). The molecule has 3 N–H and O–H groups in total. The van der Waals surface area contributed by atoms with Crippen molar-refractivity contribution in [1.29, 1.82) is 0 Å². The molecule has 1 aliphatic heterocycles. The third-order valence-corrected chi connectivity index (χ3v) is 7.17. The van der Waals surface area contributed by atoms with Crippen LogP contribution in [0.5, 0.6) is 11.5 Å². The molecule has 2 aromatic rings. The van der Waals surface area contributed by atoms with Gasteiger partial charge in [0.2, 0.25) is 5.91 Å². The van der Waals surface area contributed by atoms with Gasteiger partial charge in [0.15, 0.2) is 6.61 Å². The van der Waals surface area contributed by atoms with Crippen LogP contribution in [0.4, 0.5) is 4.39 Å². The predicted molar refractivity (Wildman–Crippen MR) is 123 cm³/mol. The van der Waals surface area contributed by atoms with Gasteiger partial charge in [-0.3, -0.25) is 9.59 Å². The predicted octanol–water partition coefficient (Wildman–Crippen LogP) is 3.69. The summed E-state index contributed by atoms with van der Waals surface area (Å²) in [5.41, 5.74) is -0.0238. The van der Waals surface area contributed by atoms with Crippen LogP contribution in [0.25, 0.3) is 0 Å². The number of benzene rings is 2. The molecule has 2 atom stereocenters. The quantitative estimate of drug-likeness (QED) is 0.529. The lowest BCUT2D eigenvalue weighted by atomic mass is 9.44. The highest BCUT2D eigenvalue weighted by atomic mass is 35.5. The van der Waals surface area contributed by atoms with Crippen molar-refractivity contribution in [3.05, 3.63) is 57.8 Å². The topological polar surface area (TPSA) is 96.9 Å². The second-order valence-electron chi connectivity index (χ2n) is 9.43. The average molecular weight is 509 g/mol. The fraction of sp³-hybridized carbons (Fsp3) is 0.417. The Kier molecular flexibility index (Phi) is 5.86. The Morgan fingerprint density at radius 3 is 2.50 bits per heavy atom. The van der Waals surface area contributed by atoms with E-state index in [9.17, 15) is 19.1 Å². The molecule has 0 radical (unpaired) electrons. The van der Waals surface area contributed by atoms with Gasteiger partial charge in [0.1, 0.15) is 23.4 Å². The van der Waals surface area contributed by atoms with Gasteiger partial charge < -0.3 is 25.2 Å². The number of amides is 2. The molecule has 0 aromatic heterocycles. The first-order valence-corrected chi connectivity index (χ1v) is 11.7. The van der Waals surface area contributed by atoms with E-state index < -0.39 is 18.0 Å². The SMILES string of the molecule is O=C(COc1ccc(Cl)c(F)c1)NC12CC(NC(=O)C[C@H]3C[C@@H](O)c4cc(Cl)ccc4O3)(C1)C2. The molecule has 0 saturated heterocycles. The zero-order valence-electron chi connectivity index (χ0n) is 18.1. The minimum absolute atomic E-state index is 0.0148. The second kappa shape index (κ2) is 8.59. The average Bonchev–Trinajstić information content (AvgIpc) is 2.73. The largest absolute Gasteiger partial charge is 0.489 e. The maximum atomic E-state index is 13.5. The zero-order chi connectivity index (χ0) is 24.1. The van der Waals surface area contributed by atoms with Gasteiger partial charge in [0.05, 0.1) is 17.5 Å². The maximum Gasteiger partial charge on any atom is 0.258 e. The van der Waals surface area contributed by atoms with Crippen molar-refractivity contribution >= 4 is 35.0 Å². The molecule has 4 aliphatic rings. The monoisotopic (exact) mass is 508 g/mol. The van der Waals surface area contributed by atoms with E-state index in [4.69, 9.17) is 32.7 Å². The third-order valence-electron chi connectivity index (χ3n) is 6.62. The summed E-state index contributed by atoms with van der Waals surface area (Å²) in [7, 11) is 0. The van der Waals surface area contributed by atoms with Gasteiger partial charge in [0, 0.05) is 34.2 Å². The van der Waals surface area contributed by atoms with E-state index in [1.807, 2.05) is 0 Å². The second-order valence-corrected chi connectivity index (χ2v) is 10.3. The summed E-state index contributed by atoms with van der Waals surface area (Å²) < 4.78 is 24.7. The summed E-state index contributed by atoms with van der Waals surface area (Å²) in [6, 6.07) is 9.05. The van der Waals surface area contributed by atoms with Crippen molar-refractivity contribution in [3.8, 4) is 11.5 Å². The van der Waals surface area contributed by atoms with Gasteiger partial charge >= 0.3 is 0 Å². The number of nitrogens with one attached hydrogen (secondary N) is 2. The summed E-state index contributed by atoms with van der Waals surface area (Å²) in [6.07, 6.45) is 1.20. The van der Waals surface area contributed by atoms with Crippen LogP contribution >= 0.6 is 23.2 Å². The molecule has 0 unspecified atom stereocenters. The first-order valence-electron chi connectivity index (χ1n) is 11.0. The smallest absolute Gasteiger partial charge is 0.258 e. The molecule has 3 aliphatic carbocycles. The number of rotatable bonds is 7. The van der Waals surface area contributed by atoms with E-state index in [0.29, 0.717) is 42.0 Å². The molecule has 10 heteroatoms. The van der Waals surface area contributed by atoms with E-state index in [0.717, 1.165) is 6.07 Å². The van der Waals surface area contributed by atoms with Crippen LogP contribution in [-0.2, 0) is 9.59 Å². The van der Waals surface area contributed by atoms with Crippen LogP contribution < -0.4 is 20.1 Å². The lowest BCUT2D eigenvalue weighted by molar-refractivity contribution is -0.151. The molecule has 1 heterocycles. The number of hydrogen-bond acceptors (Lipinski definition) is 5. The lowest BCUT2D eigenvalue weighted by Crippen LogP contribution is -2.84. The Bertz CT molecular complexity index is 1140. The van der Waals surface area contributed by atoms with Gasteiger partial charge in [-0.2, -0.15) is 0 Å². The highest BCUT2D eigenvalue weighted by Gasteiger charge is 2.69. The van der Waals surface area contributed by atoms with Crippen molar-refractivity contribution in [2.24, 2.45) is 0 Å². The number of hydrogen-bond donors (Lipinski definition) is 3. The van der Waals surface area contributed by atoms with Crippen molar-refractivity contribution in [1.82, 2.24) is 10.6 Å². The normalized spacial score (nSPS) is 28.5.